The van der Waals surface area contributed by atoms with Gasteiger partial charge in [-0.15, -0.1) is 11.6 Å². The van der Waals surface area contributed by atoms with Crippen LogP contribution in [0, 0.1) is 5.82 Å². The standard InChI is InChI=1S/C10H13ClFN/c11-5-7-13-6-4-9-2-1-3-10(12)8-9/h1-3,8,13H,4-7H2. The summed E-state index contributed by atoms with van der Waals surface area (Å²) in [6.45, 7) is 1.65. The number of hydrogen-bond donors (Lipinski definition) is 1. The minimum Gasteiger partial charge on any atom is -0.315 e. The Bertz CT molecular complexity index is 252. The van der Waals surface area contributed by atoms with E-state index < -0.39 is 0 Å². The summed E-state index contributed by atoms with van der Waals surface area (Å²) in [4.78, 5) is 0. The van der Waals surface area contributed by atoms with Gasteiger partial charge < -0.3 is 5.32 Å². The summed E-state index contributed by atoms with van der Waals surface area (Å²) >= 11 is 5.49. The van der Waals surface area contributed by atoms with Crippen LogP contribution in [0.1, 0.15) is 5.56 Å². The number of hydrogen-bond acceptors (Lipinski definition) is 1. The Hall–Kier alpha value is -0.600. The number of alkyl halides is 1. The van der Waals surface area contributed by atoms with Crippen molar-refractivity contribution >= 4 is 11.6 Å². The van der Waals surface area contributed by atoms with Gasteiger partial charge in [0.15, 0.2) is 0 Å². The Morgan fingerprint density at radius 3 is 2.85 bits per heavy atom. The lowest BCUT2D eigenvalue weighted by atomic mass is 10.1. The van der Waals surface area contributed by atoms with Crippen molar-refractivity contribution in [1.29, 1.82) is 0 Å². The SMILES string of the molecule is Fc1cccc(CCNCCCl)c1. The van der Waals surface area contributed by atoms with Crippen LogP contribution in [-0.4, -0.2) is 19.0 Å². The fourth-order valence-corrected chi connectivity index (χ4v) is 1.25. The quantitative estimate of drug-likeness (QED) is 0.569. The molecular formula is C10H13ClFN. The lowest BCUT2D eigenvalue weighted by molar-refractivity contribution is 0.623. The molecule has 72 valence electrons. The molecule has 1 N–H and O–H groups in total. The summed E-state index contributed by atoms with van der Waals surface area (Å²) in [5.74, 6) is 0.443. The van der Waals surface area contributed by atoms with Gasteiger partial charge in [0.05, 0.1) is 0 Å². The van der Waals surface area contributed by atoms with Gasteiger partial charge in [-0.05, 0) is 30.7 Å². The Morgan fingerprint density at radius 2 is 2.15 bits per heavy atom. The molecule has 1 aromatic rings. The largest absolute Gasteiger partial charge is 0.315 e. The predicted molar refractivity (Wildman–Crippen MR) is 53.7 cm³/mol. The molecule has 0 fully saturated rings. The zero-order valence-corrected chi connectivity index (χ0v) is 8.15. The van der Waals surface area contributed by atoms with Crippen LogP contribution in [0.5, 0.6) is 0 Å². The van der Waals surface area contributed by atoms with Gasteiger partial charge in [0.1, 0.15) is 5.82 Å². The molecule has 0 spiro atoms. The second kappa shape index (κ2) is 5.95. The van der Waals surface area contributed by atoms with Crippen molar-refractivity contribution in [3.8, 4) is 0 Å². The second-order valence-corrected chi connectivity index (χ2v) is 3.20. The van der Waals surface area contributed by atoms with Crippen LogP contribution < -0.4 is 5.32 Å². The third kappa shape index (κ3) is 4.25. The summed E-state index contributed by atoms with van der Waals surface area (Å²) in [5.41, 5.74) is 1.02. The molecule has 0 radical (unpaired) electrons. The maximum Gasteiger partial charge on any atom is 0.123 e. The van der Waals surface area contributed by atoms with Crippen LogP contribution in [0.2, 0.25) is 0 Å². The van der Waals surface area contributed by atoms with Crippen molar-refractivity contribution in [2.24, 2.45) is 0 Å². The fourth-order valence-electron chi connectivity index (χ4n) is 1.12. The van der Waals surface area contributed by atoms with E-state index in [1.807, 2.05) is 6.07 Å². The van der Waals surface area contributed by atoms with E-state index in [9.17, 15) is 4.39 Å². The first kappa shape index (κ1) is 10.5. The van der Waals surface area contributed by atoms with Crippen LogP contribution >= 0.6 is 11.6 Å². The fraction of sp³-hybridized carbons (Fsp3) is 0.400. The first-order chi connectivity index (χ1) is 6.33. The smallest absolute Gasteiger partial charge is 0.123 e. The monoisotopic (exact) mass is 201 g/mol. The van der Waals surface area contributed by atoms with Crippen molar-refractivity contribution in [1.82, 2.24) is 5.32 Å². The normalized spacial score (nSPS) is 10.3. The molecule has 0 bridgehead atoms. The Balaban J connectivity index is 2.28. The van der Waals surface area contributed by atoms with E-state index in [1.165, 1.54) is 6.07 Å². The molecule has 0 unspecified atom stereocenters. The first-order valence-electron chi connectivity index (χ1n) is 4.34. The zero-order valence-electron chi connectivity index (χ0n) is 7.39. The van der Waals surface area contributed by atoms with Crippen LogP contribution in [0.15, 0.2) is 24.3 Å². The maximum absolute atomic E-state index is 12.7. The lowest BCUT2D eigenvalue weighted by Gasteiger charge is -2.02. The summed E-state index contributed by atoms with van der Waals surface area (Å²) in [7, 11) is 0. The highest BCUT2D eigenvalue weighted by Gasteiger charge is 1.94. The second-order valence-electron chi connectivity index (χ2n) is 2.82. The van der Waals surface area contributed by atoms with Gasteiger partial charge in [-0.25, -0.2) is 4.39 Å². The molecule has 13 heavy (non-hydrogen) atoms. The molecular weight excluding hydrogens is 189 g/mol. The van der Waals surface area contributed by atoms with Crippen molar-refractivity contribution in [3.05, 3.63) is 35.6 Å². The Morgan fingerprint density at radius 1 is 1.31 bits per heavy atom. The highest BCUT2D eigenvalue weighted by molar-refractivity contribution is 6.18. The minimum atomic E-state index is -0.171. The van der Waals surface area contributed by atoms with E-state index in [4.69, 9.17) is 11.6 Å². The summed E-state index contributed by atoms with van der Waals surface area (Å²) in [6.07, 6.45) is 0.842. The average Bonchev–Trinajstić information content (AvgIpc) is 2.13. The molecule has 0 aliphatic carbocycles. The molecule has 1 rings (SSSR count). The van der Waals surface area contributed by atoms with E-state index >= 15 is 0 Å². The van der Waals surface area contributed by atoms with Gasteiger partial charge in [-0.1, -0.05) is 12.1 Å². The zero-order chi connectivity index (χ0) is 9.52. The van der Waals surface area contributed by atoms with E-state index in [2.05, 4.69) is 5.32 Å². The third-order valence-electron chi connectivity index (χ3n) is 1.75. The molecule has 0 aliphatic heterocycles. The molecule has 1 aromatic carbocycles. The molecule has 0 atom stereocenters. The van der Waals surface area contributed by atoms with Crippen molar-refractivity contribution in [2.45, 2.75) is 6.42 Å². The van der Waals surface area contributed by atoms with E-state index in [1.54, 1.807) is 12.1 Å². The summed E-state index contributed by atoms with van der Waals surface area (Å²) in [5, 5.41) is 3.15. The highest BCUT2D eigenvalue weighted by Crippen LogP contribution is 2.03. The molecule has 0 aromatic heterocycles. The van der Waals surface area contributed by atoms with E-state index in [0.29, 0.717) is 5.88 Å². The summed E-state index contributed by atoms with van der Waals surface area (Å²) < 4.78 is 12.7. The molecule has 3 heteroatoms. The first-order valence-corrected chi connectivity index (χ1v) is 4.87. The Labute approximate surface area is 82.9 Å². The number of rotatable bonds is 5. The minimum absolute atomic E-state index is 0.171. The van der Waals surface area contributed by atoms with Gasteiger partial charge in [-0.2, -0.15) is 0 Å². The van der Waals surface area contributed by atoms with Gasteiger partial charge >= 0.3 is 0 Å². The Kier molecular flexibility index (Phi) is 4.79. The van der Waals surface area contributed by atoms with Crippen molar-refractivity contribution in [2.75, 3.05) is 19.0 Å². The number of halogens is 2. The molecule has 0 saturated heterocycles. The van der Waals surface area contributed by atoms with Crippen LogP contribution in [0.4, 0.5) is 4.39 Å². The third-order valence-corrected chi connectivity index (χ3v) is 1.94. The van der Waals surface area contributed by atoms with Crippen LogP contribution in [0.3, 0.4) is 0 Å². The lowest BCUT2D eigenvalue weighted by Crippen LogP contribution is -2.19. The number of benzene rings is 1. The van der Waals surface area contributed by atoms with Gasteiger partial charge in [0.2, 0.25) is 0 Å². The topological polar surface area (TPSA) is 12.0 Å². The van der Waals surface area contributed by atoms with E-state index in [-0.39, 0.29) is 5.82 Å². The van der Waals surface area contributed by atoms with Crippen LogP contribution in [0.25, 0.3) is 0 Å². The number of nitrogens with one attached hydrogen (secondary N) is 1. The van der Waals surface area contributed by atoms with E-state index in [0.717, 1.165) is 25.1 Å². The predicted octanol–water partition coefficient (Wildman–Crippen LogP) is 2.20. The molecule has 0 heterocycles. The average molecular weight is 202 g/mol. The van der Waals surface area contributed by atoms with Gasteiger partial charge in [-0.3, -0.25) is 0 Å². The molecule has 0 amide bonds. The van der Waals surface area contributed by atoms with Crippen molar-refractivity contribution in [3.63, 3.8) is 0 Å². The van der Waals surface area contributed by atoms with Gasteiger partial charge in [0.25, 0.3) is 0 Å². The van der Waals surface area contributed by atoms with Crippen LogP contribution in [-0.2, 0) is 6.42 Å². The molecule has 0 saturated carbocycles. The van der Waals surface area contributed by atoms with Gasteiger partial charge in [0, 0.05) is 12.4 Å². The highest BCUT2D eigenvalue weighted by atomic mass is 35.5. The summed E-state index contributed by atoms with van der Waals surface area (Å²) in [6, 6.07) is 6.66. The van der Waals surface area contributed by atoms with Crippen molar-refractivity contribution < 1.29 is 4.39 Å². The molecule has 0 aliphatic rings. The maximum atomic E-state index is 12.7. The molecule has 1 nitrogen and oxygen atoms in total.